The lowest BCUT2D eigenvalue weighted by atomic mass is 10.1. The Morgan fingerprint density at radius 2 is 1.90 bits per heavy atom. The molecule has 0 spiro atoms. The van der Waals surface area contributed by atoms with E-state index in [1.54, 1.807) is 25.1 Å². The highest BCUT2D eigenvalue weighted by molar-refractivity contribution is 7.14. The Morgan fingerprint density at radius 3 is 2.45 bits per heavy atom. The minimum absolute atomic E-state index is 0.170. The number of amides is 2. The summed E-state index contributed by atoms with van der Waals surface area (Å²) in [4.78, 5) is 25.3. The zero-order valence-electron chi connectivity index (χ0n) is 11.6. The van der Waals surface area contributed by atoms with Crippen molar-refractivity contribution in [3.63, 3.8) is 0 Å². The molecule has 0 aliphatic carbocycles. The fraction of sp³-hybridized carbons (Fsp3) is 0.200. The molecule has 2 rings (SSSR count). The van der Waals surface area contributed by atoms with Gasteiger partial charge in [-0.1, -0.05) is 6.07 Å². The summed E-state index contributed by atoms with van der Waals surface area (Å²) in [6.07, 6.45) is 0. The number of hydrogen-bond donors (Lipinski definition) is 2. The molecule has 2 amide bonds. The number of aryl methyl sites for hydroxylation is 2. The van der Waals surface area contributed by atoms with E-state index in [-0.39, 0.29) is 5.91 Å². The molecular weight excluding hydrogens is 272 g/mol. The zero-order valence-corrected chi connectivity index (χ0v) is 12.4. The van der Waals surface area contributed by atoms with Gasteiger partial charge in [-0.05, 0) is 50.1 Å². The minimum Gasteiger partial charge on any atom is -0.366 e. The van der Waals surface area contributed by atoms with Crippen molar-refractivity contribution in [2.24, 2.45) is 5.73 Å². The van der Waals surface area contributed by atoms with Crippen LogP contribution in [0.15, 0.2) is 24.3 Å². The van der Waals surface area contributed by atoms with Gasteiger partial charge in [-0.2, -0.15) is 0 Å². The van der Waals surface area contributed by atoms with E-state index >= 15 is 0 Å². The predicted molar refractivity (Wildman–Crippen MR) is 81.4 cm³/mol. The average molecular weight is 288 g/mol. The van der Waals surface area contributed by atoms with Crippen LogP contribution in [0.2, 0.25) is 0 Å². The Hall–Kier alpha value is -2.14. The highest BCUT2D eigenvalue weighted by Crippen LogP contribution is 2.23. The molecule has 0 fully saturated rings. The van der Waals surface area contributed by atoms with Crippen LogP contribution in [0.3, 0.4) is 0 Å². The summed E-state index contributed by atoms with van der Waals surface area (Å²) in [5.41, 5.74) is 8.10. The van der Waals surface area contributed by atoms with Crippen molar-refractivity contribution in [1.29, 1.82) is 0 Å². The molecule has 20 heavy (non-hydrogen) atoms. The van der Waals surface area contributed by atoms with E-state index in [9.17, 15) is 9.59 Å². The predicted octanol–water partition coefficient (Wildman–Crippen LogP) is 3.02. The third-order valence-electron chi connectivity index (χ3n) is 3.24. The first kappa shape index (κ1) is 14.3. The smallest absolute Gasteiger partial charge is 0.265 e. The van der Waals surface area contributed by atoms with Crippen LogP contribution in [0, 0.1) is 20.8 Å². The molecule has 0 atom stereocenters. The van der Waals surface area contributed by atoms with E-state index in [0.29, 0.717) is 21.7 Å². The van der Waals surface area contributed by atoms with Crippen LogP contribution < -0.4 is 11.1 Å². The third-order valence-corrected chi connectivity index (χ3v) is 4.39. The van der Waals surface area contributed by atoms with Crippen LogP contribution in [-0.2, 0) is 0 Å². The van der Waals surface area contributed by atoms with Crippen LogP contribution in [0.1, 0.15) is 36.0 Å². The van der Waals surface area contributed by atoms with E-state index in [0.717, 1.165) is 10.4 Å². The quantitative estimate of drug-likeness (QED) is 0.911. The number of thiophene rings is 1. The van der Waals surface area contributed by atoms with E-state index < -0.39 is 5.91 Å². The fourth-order valence-corrected chi connectivity index (χ4v) is 2.84. The molecule has 3 N–H and O–H groups in total. The van der Waals surface area contributed by atoms with Gasteiger partial charge in [0.2, 0.25) is 5.91 Å². The minimum atomic E-state index is -0.499. The van der Waals surface area contributed by atoms with Crippen molar-refractivity contribution in [3.8, 4) is 0 Å². The molecule has 1 aromatic heterocycles. The second kappa shape index (κ2) is 5.46. The van der Waals surface area contributed by atoms with Gasteiger partial charge in [0.25, 0.3) is 5.91 Å². The number of hydrogen-bond acceptors (Lipinski definition) is 3. The molecule has 0 radical (unpaired) electrons. The molecule has 5 heteroatoms. The monoisotopic (exact) mass is 288 g/mol. The van der Waals surface area contributed by atoms with Gasteiger partial charge >= 0.3 is 0 Å². The normalized spacial score (nSPS) is 10.3. The van der Waals surface area contributed by atoms with Crippen LogP contribution in [0.25, 0.3) is 0 Å². The van der Waals surface area contributed by atoms with Crippen molar-refractivity contribution >= 4 is 28.8 Å². The van der Waals surface area contributed by atoms with Gasteiger partial charge in [-0.15, -0.1) is 11.3 Å². The number of anilines is 1. The van der Waals surface area contributed by atoms with Crippen molar-refractivity contribution in [1.82, 2.24) is 0 Å². The Bertz CT molecular complexity index is 670. The highest BCUT2D eigenvalue weighted by atomic mass is 32.1. The number of nitrogens with one attached hydrogen (secondary N) is 1. The van der Waals surface area contributed by atoms with E-state index in [4.69, 9.17) is 5.73 Å². The molecule has 104 valence electrons. The topological polar surface area (TPSA) is 72.2 Å². The lowest BCUT2D eigenvalue weighted by molar-refractivity contribution is 0.0996. The molecule has 0 unspecified atom stereocenters. The number of rotatable bonds is 3. The molecule has 0 bridgehead atoms. The van der Waals surface area contributed by atoms with Crippen molar-refractivity contribution in [3.05, 3.63) is 50.7 Å². The standard InChI is InChI=1S/C15H16N2O2S/c1-8-7-13(20-10(8)3)15(19)17-12-6-4-5-11(9(12)2)14(16)18/h4-7H,1-3H3,(H2,16,18)(H,17,19). The van der Waals surface area contributed by atoms with Gasteiger partial charge in [0.1, 0.15) is 0 Å². The maximum Gasteiger partial charge on any atom is 0.265 e. The summed E-state index contributed by atoms with van der Waals surface area (Å²) < 4.78 is 0. The number of nitrogens with two attached hydrogens (primary N) is 1. The van der Waals surface area contributed by atoms with E-state index in [1.807, 2.05) is 19.9 Å². The summed E-state index contributed by atoms with van der Waals surface area (Å²) in [7, 11) is 0. The summed E-state index contributed by atoms with van der Waals surface area (Å²) >= 11 is 1.45. The second-order valence-corrected chi connectivity index (χ2v) is 5.90. The van der Waals surface area contributed by atoms with Crippen molar-refractivity contribution in [2.45, 2.75) is 20.8 Å². The van der Waals surface area contributed by atoms with Gasteiger partial charge in [-0.25, -0.2) is 0 Å². The Morgan fingerprint density at radius 1 is 1.20 bits per heavy atom. The number of primary amides is 1. The Kier molecular flexibility index (Phi) is 3.90. The first-order chi connectivity index (χ1) is 9.40. The molecular formula is C15H16N2O2S. The number of benzene rings is 1. The molecule has 2 aromatic rings. The van der Waals surface area contributed by atoms with Gasteiger partial charge in [-0.3, -0.25) is 9.59 Å². The van der Waals surface area contributed by atoms with E-state index in [1.165, 1.54) is 11.3 Å². The van der Waals surface area contributed by atoms with Crippen LogP contribution in [0.4, 0.5) is 5.69 Å². The Labute approximate surface area is 121 Å². The zero-order chi connectivity index (χ0) is 14.9. The maximum atomic E-state index is 12.2. The number of carbonyl (C=O) groups excluding carboxylic acids is 2. The van der Waals surface area contributed by atoms with Gasteiger partial charge in [0.05, 0.1) is 4.88 Å². The first-order valence-electron chi connectivity index (χ1n) is 6.18. The SMILES string of the molecule is Cc1cc(C(=O)Nc2cccc(C(N)=O)c2C)sc1C. The second-order valence-electron chi connectivity index (χ2n) is 4.65. The van der Waals surface area contributed by atoms with Gasteiger partial charge in [0.15, 0.2) is 0 Å². The molecule has 4 nitrogen and oxygen atoms in total. The summed E-state index contributed by atoms with van der Waals surface area (Å²) in [6.45, 7) is 5.72. The van der Waals surface area contributed by atoms with Gasteiger partial charge in [0, 0.05) is 16.1 Å². The first-order valence-corrected chi connectivity index (χ1v) is 6.99. The van der Waals surface area contributed by atoms with Crippen molar-refractivity contribution < 1.29 is 9.59 Å². The molecule has 0 aliphatic rings. The van der Waals surface area contributed by atoms with Crippen LogP contribution in [-0.4, -0.2) is 11.8 Å². The Balaban J connectivity index is 2.28. The lowest BCUT2D eigenvalue weighted by Crippen LogP contribution is -2.16. The molecule has 0 saturated heterocycles. The molecule has 0 aliphatic heterocycles. The average Bonchev–Trinajstić information content (AvgIpc) is 2.72. The maximum absolute atomic E-state index is 12.2. The number of carbonyl (C=O) groups is 2. The molecule has 1 heterocycles. The largest absolute Gasteiger partial charge is 0.366 e. The molecule has 1 aromatic carbocycles. The van der Waals surface area contributed by atoms with E-state index in [2.05, 4.69) is 5.32 Å². The molecule has 0 saturated carbocycles. The van der Waals surface area contributed by atoms with Crippen LogP contribution in [0.5, 0.6) is 0 Å². The highest BCUT2D eigenvalue weighted by Gasteiger charge is 2.14. The van der Waals surface area contributed by atoms with Crippen molar-refractivity contribution in [2.75, 3.05) is 5.32 Å². The fourth-order valence-electron chi connectivity index (χ4n) is 1.91. The van der Waals surface area contributed by atoms with Gasteiger partial charge < -0.3 is 11.1 Å². The summed E-state index contributed by atoms with van der Waals surface area (Å²) in [6, 6.07) is 6.97. The summed E-state index contributed by atoms with van der Waals surface area (Å²) in [5, 5.41) is 2.83. The summed E-state index contributed by atoms with van der Waals surface area (Å²) in [5.74, 6) is -0.669. The lowest BCUT2D eigenvalue weighted by Gasteiger charge is -2.10. The van der Waals surface area contributed by atoms with Crippen LogP contribution >= 0.6 is 11.3 Å². The third kappa shape index (κ3) is 2.72.